The fourth-order valence-electron chi connectivity index (χ4n) is 4.83. The molecule has 0 radical (unpaired) electrons. The first-order chi connectivity index (χ1) is 14.9. The van der Waals surface area contributed by atoms with Crippen LogP contribution in [-0.4, -0.2) is 40.0 Å². The van der Waals surface area contributed by atoms with Gasteiger partial charge in [0, 0.05) is 43.0 Å². The van der Waals surface area contributed by atoms with Crippen molar-refractivity contribution in [2.75, 3.05) is 29.4 Å². The Morgan fingerprint density at radius 1 is 1.10 bits per heavy atom. The molecule has 1 unspecified atom stereocenters. The molecule has 7 heteroatoms. The fourth-order valence-corrected chi connectivity index (χ4v) is 5.96. The van der Waals surface area contributed by atoms with Crippen molar-refractivity contribution in [1.29, 1.82) is 0 Å². The normalized spacial score (nSPS) is 20.1. The number of carbonyl (C=O) groups excluding carboxylic acids is 1. The topological polar surface area (TPSA) is 69.7 Å². The van der Waals surface area contributed by atoms with Crippen molar-refractivity contribution in [3.63, 3.8) is 0 Å². The average molecular weight is 440 g/mol. The summed E-state index contributed by atoms with van der Waals surface area (Å²) in [5.74, 6) is 0.353. The highest BCUT2D eigenvalue weighted by Crippen LogP contribution is 2.37. The van der Waals surface area contributed by atoms with Crippen LogP contribution in [0.4, 0.5) is 11.4 Å². The van der Waals surface area contributed by atoms with Crippen molar-refractivity contribution >= 4 is 27.3 Å². The first kappa shape index (κ1) is 20.5. The van der Waals surface area contributed by atoms with Gasteiger partial charge >= 0.3 is 0 Å². The summed E-state index contributed by atoms with van der Waals surface area (Å²) in [5.41, 5.74) is 4.45. The van der Waals surface area contributed by atoms with Gasteiger partial charge in [-0.2, -0.15) is 0 Å². The van der Waals surface area contributed by atoms with Crippen molar-refractivity contribution in [2.45, 2.75) is 50.0 Å². The summed E-state index contributed by atoms with van der Waals surface area (Å²) in [4.78, 5) is 16.9. The molecule has 0 spiro atoms. The van der Waals surface area contributed by atoms with E-state index in [4.69, 9.17) is 0 Å². The number of amides is 1. The molecule has 2 heterocycles. The van der Waals surface area contributed by atoms with Gasteiger partial charge in [0.05, 0.1) is 4.90 Å². The molecule has 6 nitrogen and oxygen atoms in total. The molecule has 1 amide bonds. The number of anilines is 2. The van der Waals surface area contributed by atoms with Gasteiger partial charge in [-0.05, 0) is 74.4 Å². The number of carbonyl (C=O) groups is 1. The van der Waals surface area contributed by atoms with Crippen molar-refractivity contribution in [3.05, 3.63) is 53.6 Å². The maximum absolute atomic E-state index is 12.8. The second-order valence-electron chi connectivity index (χ2n) is 8.93. The maximum atomic E-state index is 12.8. The van der Waals surface area contributed by atoms with E-state index in [2.05, 4.69) is 40.8 Å². The van der Waals surface area contributed by atoms with Gasteiger partial charge in [0.2, 0.25) is 15.9 Å². The second-order valence-corrected chi connectivity index (χ2v) is 10.7. The quantitative estimate of drug-likeness (QED) is 0.673. The van der Waals surface area contributed by atoms with Crippen LogP contribution >= 0.6 is 0 Å². The van der Waals surface area contributed by atoms with Crippen LogP contribution < -0.4 is 14.5 Å². The van der Waals surface area contributed by atoms with Crippen LogP contribution in [0.25, 0.3) is 0 Å². The van der Waals surface area contributed by atoms with Crippen LogP contribution in [0.1, 0.15) is 37.3 Å². The Bertz CT molecular complexity index is 1110. The van der Waals surface area contributed by atoms with Crippen molar-refractivity contribution in [2.24, 2.45) is 5.92 Å². The summed E-state index contributed by atoms with van der Waals surface area (Å²) in [5, 5.41) is 0. The SMILES string of the molecule is CC1Cc2ccccc2N1CCCNS(=O)(=O)c1ccc2c(c1)CCN2C(=O)C1CC1. The van der Waals surface area contributed by atoms with Crippen LogP contribution in [-0.2, 0) is 27.7 Å². The molecule has 1 saturated carbocycles. The van der Waals surface area contributed by atoms with Crippen LogP contribution in [0.3, 0.4) is 0 Å². The van der Waals surface area contributed by atoms with Gasteiger partial charge in [0.1, 0.15) is 0 Å². The molecule has 0 saturated heterocycles. The Morgan fingerprint density at radius 2 is 1.90 bits per heavy atom. The molecule has 2 aromatic rings. The van der Waals surface area contributed by atoms with Crippen LogP contribution in [0.5, 0.6) is 0 Å². The number of rotatable bonds is 7. The smallest absolute Gasteiger partial charge is 0.240 e. The third kappa shape index (κ3) is 3.96. The average Bonchev–Trinajstić information content (AvgIpc) is 3.44. The Morgan fingerprint density at radius 3 is 2.71 bits per heavy atom. The van der Waals surface area contributed by atoms with Crippen molar-refractivity contribution < 1.29 is 13.2 Å². The van der Waals surface area contributed by atoms with Gasteiger partial charge in [0.25, 0.3) is 0 Å². The van der Waals surface area contributed by atoms with Gasteiger partial charge in [-0.15, -0.1) is 0 Å². The second kappa shape index (κ2) is 7.95. The molecule has 2 aliphatic heterocycles. The molecule has 164 valence electrons. The van der Waals surface area contributed by atoms with Crippen molar-refractivity contribution in [1.82, 2.24) is 4.72 Å². The summed E-state index contributed by atoms with van der Waals surface area (Å²) in [6, 6.07) is 14.0. The molecule has 1 aliphatic carbocycles. The molecule has 0 bridgehead atoms. The van der Waals surface area contributed by atoms with E-state index < -0.39 is 10.0 Å². The monoisotopic (exact) mass is 439 g/mol. The highest BCUT2D eigenvalue weighted by molar-refractivity contribution is 7.89. The number of hydrogen-bond donors (Lipinski definition) is 1. The zero-order valence-corrected chi connectivity index (χ0v) is 18.7. The summed E-state index contributed by atoms with van der Waals surface area (Å²) < 4.78 is 28.4. The highest BCUT2D eigenvalue weighted by Gasteiger charge is 2.36. The number of para-hydroxylation sites is 1. The molecular weight excluding hydrogens is 410 g/mol. The predicted octanol–water partition coefficient (Wildman–Crippen LogP) is 3.11. The molecule has 5 rings (SSSR count). The van der Waals surface area contributed by atoms with E-state index in [1.54, 1.807) is 18.2 Å². The lowest BCUT2D eigenvalue weighted by molar-refractivity contribution is -0.119. The Labute approximate surface area is 184 Å². The lowest BCUT2D eigenvalue weighted by atomic mass is 10.1. The zero-order chi connectivity index (χ0) is 21.6. The number of sulfonamides is 1. The predicted molar refractivity (Wildman–Crippen MR) is 122 cm³/mol. The van der Waals surface area contributed by atoms with Gasteiger partial charge in [-0.25, -0.2) is 13.1 Å². The molecule has 0 aromatic heterocycles. The molecular formula is C24H29N3O3S. The van der Waals surface area contributed by atoms with E-state index in [0.717, 1.165) is 43.5 Å². The first-order valence-corrected chi connectivity index (χ1v) is 12.7. The van der Waals surface area contributed by atoms with Crippen LogP contribution in [0.2, 0.25) is 0 Å². The van der Waals surface area contributed by atoms with E-state index >= 15 is 0 Å². The van der Waals surface area contributed by atoms with E-state index in [9.17, 15) is 13.2 Å². The number of nitrogens with zero attached hydrogens (tertiary/aromatic N) is 2. The molecule has 1 atom stereocenters. The number of fused-ring (bicyclic) bond motifs is 2. The Kier molecular flexibility index (Phi) is 5.26. The minimum atomic E-state index is -3.57. The molecule has 31 heavy (non-hydrogen) atoms. The number of nitrogens with one attached hydrogen (secondary N) is 1. The zero-order valence-electron chi connectivity index (χ0n) is 17.9. The van der Waals surface area contributed by atoms with Gasteiger partial charge < -0.3 is 9.80 Å². The summed E-state index contributed by atoms with van der Waals surface area (Å²) in [6.07, 6.45) is 4.44. The fraction of sp³-hybridized carbons (Fsp3) is 0.458. The van der Waals surface area contributed by atoms with Crippen LogP contribution in [0.15, 0.2) is 47.4 Å². The molecule has 1 N–H and O–H groups in total. The lowest BCUT2D eigenvalue weighted by Crippen LogP contribution is -2.33. The van der Waals surface area contributed by atoms with E-state index in [0.29, 0.717) is 25.6 Å². The Balaban J connectivity index is 1.19. The molecule has 3 aliphatic rings. The standard InChI is InChI=1S/C24H29N3O3S/c1-17-15-19-5-2-3-6-22(19)26(17)13-4-12-25-31(29,30)21-9-10-23-20(16-21)11-14-27(23)24(28)18-7-8-18/h2-3,5-6,9-10,16-18,25H,4,7-8,11-15H2,1H3. The first-order valence-electron chi connectivity index (χ1n) is 11.2. The minimum absolute atomic E-state index is 0.168. The number of hydrogen-bond acceptors (Lipinski definition) is 4. The highest BCUT2D eigenvalue weighted by atomic mass is 32.2. The third-order valence-corrected chi connectivity index (χ3v) is 8.12. The maximum Gasteiger partial charge on any atom is 0.240 e. The summed E-state index contributed by atoms with van der Waals surface area (Å²) >= 11 is 0. The van der Waals surface area contributed by atoms with Gasteiger partial charge in [-0.3, -0.25) is 4.79 Å². The Hall–Kier alpha value is -2.38. The van der Waals surface area contributed by atoms with E-state index in [1.165, 1.54) is 11.3 Å². The molecule has 2 aromatic carbocycles. The van der Waals surface area contributed by atoms with E-state index in [-0.39, 0.29) is 16.7 Å². The lowest BCUT2D eigenvalue weighted by Gasteiger charge is -2.25. The summed E-state index contributed by atoms with van der Waals surface area (Å²) in [7, 11) is -3.57. The van der Waals surface area contributed by atoms with E-state index in [1.807, 2.05) is 4.90 Å². The minimum Gasteiger partial charge on any atom is -0.368 e. The van der Waals surface area contributed by atoms with Crippen molar-refractivity contribution in [3.8, 4) is 0 Å². The largest absolute Gasteiger partial charge is 0.368 e. The van der Waals surface area contributed by atoms with Crippen LogP contribution in [0, 0.1) is 5.92 Å². The summed E-state index contributed by atoms with van der Waals surface area (Å²) in [6.45, 7) is 4.09. The van der Waals surface area contributed by atoms with Gasteiger partial charge in [0.15, 0.2) is 0 Å². The van der Waals surface area contributed by atoms with Gasteiger partial charge in [-0.1, -0.05) is 18.2 Å². The molecule has 1 fully saturated rings. The third-order valence-electron chi connectivity index (χ3n) is 6.67. The number of benzene rings is 2.